The van der Waals surface area contributed by atoms with E-state index < -0.39 is 0 Å². The molecule has 1 saturated carbocycles. The smallest absolute Gasteiger partial charge is 0.00385 e. The first-order valence-corrected chi connectivity index (χ1v) is 6.77. The Morgan fingerprint density at radius 3 is 2.13 bits per heavy atom. The van der Waals surface area contributed by atoms with Gasteiger partial charge in [-0.25, -0.2) is 0 Å². The van der Waals surface area contributed by atoms with E-state index in [1.165, 1.54) is 38.8 Å². The van der Waals surface area contributed by atoms with Crippen molar-refractivity contribution in [3.63, 3.8) is 0 Å². The number of hydrogen-bond acceptors (Lipinski definition) is 1. The molecular weight excluding hydrogens is 182 g/mol. The summed E-state index contributed by atoms with van der Waals surface area (Å²) in [6.07, 6.45) is 5.88. The summed E-state index contributed by atoms with van der Waals surface area (Å²) in [4.78, 5) is 2.65. The van der Waals surface area contributed by atoms with Crippen LogP contribution in [0.15, 0.2) is 0 Å². The van der Waals surface area contributed by atoms with Crippen LogP contribution in [0.5, 0.6) is 0 Å². The van der Waals surface area contributed by atoms with Gasteiger partial charge in [0.1, 0.15) is 0 Å². The lowest BCUT2D eigenvalue weighted by molar-refractivity contribution is 0.0572. The molecule has 2 fully saturated rings. The van der Waals surface area contributed by atoms with E-state index in [0.717, 1.165) is 23.3 Å². The van der Waals surface area contributed by atoms with Gasteiger partial charge in [0.05, 0.1) is 0 Å². The van der Waals surface area contributed by atoms with Crippen molar-refractivity contribution in [2.75, 3.05) is 13.1 Å². The zero-order valence-corrected chi connectivity index (χ0v) is 10.9. The Morgan fingerprint density at radius 2 is 1.73 bits per heavy atom. The summed E-state index contributed by atoms with van der Waals surface area (Å²) >= 11 is 0. The highest BCUT2D eigenvalue weighted by Gasteiger charge is 2.45. The van der Waals surface area contributed by atoms with Gasteiger partial charge in [0.15, 0.2) is 0 Å². The molecule has 1 heterocycles. The molecule has 2 rings (SSSR count). The SMILES string of the molecule is CC(C)N1CCC2(CC1)C[C@@H](C)C[C@H]2C. The Kier molecular flexibility index (Phi) is 3.12. The van der Waals surface area contributed by atoms with E-state index in [4.69, 9.17) is 0 Å². The Labute approximate surface area is 95.2 Å². The van der Waals surface area contributed by atoms with Gasteiger partial charge in [0.25, 0.3) is 0 Å². The molecule has 2 aliphatic rings. The molecule has 0 aromatic heterocycles. The minimum Gasteiger partial charge on any atom is -0.301 e. The lowest BCUT2D eigenvalue weighted by atomic mass is 9.71. The van der Waals surface area contributed by atoms with Gasteiger partial charge < -0.3 is 4.90 Å². The summed E-state index contributed by atoms with van der Waals surface area (Å²) in [5, 5.41) is 0. The molecule has 1 saturated heterocycles. The van der Waals surface area contributed by atoms with Crippen LogP contribution in [0.2, 0.25) is 0 Å². The first-order chi connectivity index (χ1) is 7.03. The van der Waals surface area contributed by atoms with Crippen molar-refractivity contribution in [1.29, 1.82) is 0 Å². The molecule has 2 atom stereocenters. The molecule has 0 aromatic rings. The third-order valence-corrected chi connectivity index (χ3v) is 5.08. The second kappa shape index (κ2) is 4.08. The van der Waals surface area contributed by atoms with Crippen LogP contribution in [0.1, 0.15) is 53.4 Å². The molecule has 15 heavy (non-hydrogen) atoms. The standard InChI is InChI=1S/C14H27N/c1-11(2)15-7-5-14(6-8-15)10-12(3)9-13(14)4/h11-13H,5-10H2,1-4H3/t12-,13+/m0/s1. The first-order valence-electron chi connectivity index (χ1n) is 6.77. The summed E-state index contributed by atoms with van der Waals surface area (Å²) in [5.41, 5.74) is 0.727. The maximum atomic E-state index is 2.65. The highest BCUT2D eigenvalue weighted by atomic mass is 15.2. The van der Waals surface area contributed by atoms with Gasteiger partial charge in [0.2, 0.25) is 0 Å². The monoisotopic (exact) mass is 209 g/mol. The predicted molar refractivity (Wildman–Crippen MR) is 65.9 cm³/mol. The fraction of sp³-hybridized carbons (Fsp3) is 1.00. The van der Waals surface area contributed by atoms with Gasteiger partial charge in [0, 0.05) is 6.04 Å². The van der Waals surface area contributed by atoms with Crippen molar-refractivity contribution in [1.82, 2.24) is 4.90 Å². The van der Waals surface area contributed by atoms with Crippen LogP contribution < -0.4 is 0 Å². The molecule has 0 N–H and O–H groups in total. The number of likely N-dealkylation sites (tertiary alicyclic amines) is 1. The summed E-state index contributed by atoms with van der Waals surface area (Å²) in [5.74, 6) is 1.95. The molecule has 88 valence electrons. The molecule has 1 heteroatoms. The van der Waals surface area contributed by atoms with E-state index in [1.807, 2.05) is 0 Å². The third kappa shape index (κ3) is 2.08. The molecule has 0 aromatic carbocycles. The van der Waals surface area contributed by atoms with Gasteiger partial charge >= 0.3 is 0 Å². The van der Waals surface area contributed by atoms with E-state index in [0.29, 0.717) is 0 Å². The van der Waals surface area contributed by atoms with Crippen molar-refractivity contribution in [2.24, 2.45) is 17.3 Å². The zero-order valence-electron chi connectivity index (χ0n) is 10.9. The van der Waals surface area contributed by atoms with Crippen molar-refractivity contribution in [2.45, 2.75) is 59.4 Å². The van der Waals surface area contributed by atoms with E-state index in [2.05, 4.69) is 32.6 Å². The molecule has 0 amide bonds. The molecule has 1 aliphatic carbocycles. The Morgan fingerprint density at radius 1 is 1.13 bits per heavy atom. The minimum atomic E-state index is 0.727. The average molecular weight is 209 g/mol. The Bertz CT molecular complexity index is 213. The van der Waals surface area contributed by atoms with Crippen LogP contribution in [0.4, 0.5) is 0 Å². The lowest BCUT2D eigenvalue weighted by Gasteiger charge is -2.44. The summed E-state index contributed by atoms with van der Waals surface area (Å²) in [7, 11) is 0. The average Bonchev–Trinajstić information content (AvgIpc) is 2.42. The predicted octanol–water partition coefficient (Wildman–Crippen LogP) is 3.54. The number of piperidine rings is 1. The van der Waals surface area contributed by atoms with Crippen LogP contribution in [-0.2, 0) is 0 Å². The normalized spacial score (nSPS) is 36.6. The number of nitrogens with zero attached hydrogens (tertiary/aromatic N) is 1. The first kappa shape index (κ1) is 11.4. The van der Waals surface area contributed by atoms with E-state index in [9.17, 15) is 0 Å². The van der Waals surface area contributed by atoms with Crippen LogP contribution in [-0.4, -0.2) is 24.0 Å². The van der Waals surface area contributed by atoms with Crippen LogP contribution in [0.25, 0.3) is 0 Å². The summed E-state index contributed by atoms with van der Waals surface area (Å²) in [6, 6.07) is 0.747. The maximum absolute atomic E-state index is 2.65. The van der Waals surface area contributed by atoms with Crippen LogP contribution in [0.3, 0.4) is 0 Å². The molecular formula is C14H27N. The van der Waals surface area contributed by atoms with Crippen molar-refractivity contribution >= 4 is 0 Å². The zero-order chi connectivity index (χ0) is 11.1. The quantitative estimate of drug-likeness (QED) is 0.638. The van der Waals surface area contributed by atoms with E-state index >= 15 is 0 Å². The molecule has 1 nitrogen and oxygen atoms in total. The van der Waals surface area contributed by atoms with Gasteiger partial charge in [-0.15, -0.1) is 0 Å². The van der Waals surface area contributed by atoms with Gasteiger partial charge in [-0.3, -0.25) is 0 Å². The highest BCUT2D eigenvalue weighted by molar-refractivity contribution is 4.96. The molecule has 1 spiro atoms. The fourth-order valence-corrected chi connectivity index (χ4v) is 4.01. The van der Waals surface area contributed by atoms with Gasteiger partial charge in [-0.1, -0.05) is 13.8 Å². The van der Waals surface area contributed by atoms with Crippen molar-refractivity contribution in [3.05, 3.63) is 0 Å². The molecule has 0 bridgehead atoms. The van der Waals surface area contributed by atoms with Gasteiger partial charge in [-0.2, -0.15) is 0 Å². The Hall–Kier alpha value is -0.0400. The largest absolute Gasteiger partial charge is 0.301 e. The number of rotatable bonds is 1. The van der Waals surface area contributed by atoms with E-state index in [-0.39, 0.29) is 0 Å². The second-order valence-electron chi connectivity index (χ2n) is 6.44. The molecule has 1 aliphatic heterocycles. The highest BCUT2D eigenvalue weighted by Crippen LogP contribution is 2.52. The fourth-order valence-electron chi connectivity index (χ4n) is 4.01. The van der Waals surface area contributed by atoms with Gasteiger partial charge in [-0.05, 0) is 69.9 Å². The van der Waals surface area contributed by atoms with Crippen molar-refractivity contribution in [3.8, 4) is 0 Å². The number of hydrogen-bond donors (Lipinski definition) is 0. The van der Waals surface area contributed by atoms with E-state index in [1.54, 1.807) is 0 Å². The van der Waals surface area contributed by atoms with Crippen molar-refractivity contribution < 1.29 is 0 Å². The maximum Gasteiger partial charge on any atom is 0.00385 e. The second-order valence-corrected chi connectivity index (χ2v) is 6.44. The molecule has 0 radical (unpaired) electrons. The lowest BCUT2D eigenvalue weighted by Crippen LogP contribution is -2.44. The topological polar surface area (TPSA) is 3.24 Å². The summed E-state index contributed by atoms with van der Waals surface area (Å²) < 4.78 is 0. The summed E-state index contributed by atoms with van der Waals surface area (Å²) in [6.45, 7) is 12.3. The Balaban J connectivity index is 1.97. The molecule has 0 unspecified atom stereocenters. The van der Waals surface area contributed by atoms with Crippen LogP contribution >= 0.6 is 0 Å². The minimum absolute atomic E-state index is 0.727. The third-order valence-electron chi connectivity index (χ3n) is 5.08. The van der Waals surface area contributed by atoms with Crippen LogP contribution in [0, 0.1) is 17.3 Å².